The molecule has 0 aliphatic heterocycles. The Morgan fingerprint density at radius 2 is 1.63 bits per heavy atom. The first-order valence-electron chi connectivity index (χ1n) is 13.0. The molecule has 0 spiro atoms. The minimum atomic E-state index is -3.62. The van der Waals surface area contributed by atoms with Crippen LogP contribution in [0.5, 0.6) is 0 Å². The Morgan fingerprint density at radius 3 is 2.32 bits per heavy atom. The minimum Gasteiger partial charge on any atom is -0.455 e. The van der Waals surface area contributed by atoms with E-state index in [2.05, 4.69) is 5.32 Å². The number of hydrogen-bond donors (Lipinski definition) is 1. The number of nitrogens with zero attached hydrogens (tertiary/aromatic N) is 3. The van der Waals surface area contributed by atoms with E-state index in [1.54, 1.807) is 13.1 Å². The molecule has 6 rings (SSSR count). The molecule has 41 heavy (non-hydrogen) atoms. The Hall–Kier alpha value is -4.89. The predicted octanol–water partition coefficient (Wildman–Crippen LogP) is 6.15. The summed E-state index contributed by atoms with van der Waals surface area (Å²) in [6, 6.07) is 24.9. The Balaban J connectivity index is 1.60. The summed E-state index contributed by atoms with van der Waals surface area (Å²) in [7, 11) is -0.537. The number of furan rings is 1. The van der Waals surface area contributed by atoms with Crippen LogP contribution in [0.4, 0.5) is 5.69 Å². The molecule has 3 aromatic heterocycles. The smallest absolute Gasteiger partial charge is 0.255 e. The summed E-state index contributed by atoms with van der Waals surface area (Å²) in [6.07, 6.45) is 5.01. The van der Waals surface area contributed by atoms with Crippen LogP contribution >= 0.6 is 0 Å². The van der Waals surface area contributed by atoms with Crippen LogP contribution in [0.25, 0.3) is 50.3 Å². The number of carbonyl (C=O) groups is 1. The van der Waals surface area contributed by atoms with E-state index < -0.39 is 10.0 Å². The molecule has 0 saturated carbocycles. The van der Waals surface area contributed by atoms with E-state index in [1.165, 1.54) is 11.4 Å². The first kappa shape index (κ1) is 26.3. The third kappa shape index (κ3) is 4.74. The fourth-order valence-corrected chi connectivity index (χ4v) is 5.47. The van der Waals surface area contributed by atoms with E-state index in [-0.39, 0.29) is 5.91 Å². The molecule has 3 aromatic carbocycles. The number of hydrogen-bond acceptors (Lipinski definition) is 5. The topological polar surface area (TPSA) is 96.9 Å². The van der Waals surface area contributed by atoms with Gasteiger partial charge in [0, 0.05) is 60.2 Å². The molecule has 3 heterocycles. The zero-order chi connectivity index (χ0) is 28.9. The molecule has 0 bridgehead atoms. The molecule has 0 aliphatic rings. The van der Waals surface area contributed by atoms with Crippen LogP contribution in [-0.4, -0.2) is 44.1 Å². The van der Waals surface area contributed by atoms with Gasteiger partial charge in [0.15, 0.2) is 0 Å². The van der Waals surface area contributed by atoms with Crippen LogP contribution in [0, 0.1) is 6.92 Å². The SMILES string of the molecule is CNC(=O)c1c(-c2ccc(C)cc2)oc2cc(N(C)S(C)(=O)=O)c(-c3ccc4nc(-c5ccccc5)cn4c3)cc12. The van der Waals surface area contributed by atoms with Crippen LogP contribution < -0.4 is 9.62 Å². The maximum atomic E-state index is 13.2. The number of aryl methyl sites for hydroxylation is 1. The number of aromatic nitrogens is 2. The van der Waals surface area contributed by atoms with Crippen LogP contribution in [-0.2, 0) is 10.0 Å². The van der Waals surface area contributed by atoms with Crippen molar-refractivity contribution < 1.29 is 17.6 Å². The van der Waals surface area contributed by atoms with Gasteiger partial charge in [-0.05, 0) is 25.1 Å². The highest BCUT2D eigenvalue weighted by Crippen LogP contribution is 2.41. The van der Waals surface area contributed by atoms with E-state index in [4.69, 9.17) is 9.40 Å². The minimum absolute atomic E-state index is 0.299. The van der Waals surface area contributed by atoms with Gasteiger partial charge < -0.3 is 14.1 Å². The van der Waals surface area contributed by atoms with Gasteiger partial charge in [-0.25, -0.2) is 13.4 Å². The quantitative estimate of drug-likeness (QED) is 0.262. The number of nitrogens with one attached hydrogen (secondary N) is 1. The van der Waals surface area contributed by atoms with Gasteiger partial charge in [-0.3, -0.25) is 9.10 Å². The molecule has 206 valence electrons. The molecule has 0 aliphatic carbocycles. The lowest BCUT2D eigenvalue weighted by molar-refractivity contribution is 0.0964. The highest BCUT2D eigenvalue weighted by atomic mass is 32.2. The van der Waals surface area contributed by atoms with E-state index in [1.807, 2.05) is 96.5 Å². The highest BCUT2D eigenvalue weighted by Gasteiger charge is 2.26. The monoisotopic (exact) mass is 564 g/mol. The first-order valence-corrected chi connectivity index (χ1v) is 14.9. The number of benzene rings is 3. The van der Waals surface area contributed by atoms with Gasteiger partial charge in [0.05, 0.1) is 23.2 Å². The Morgan fingerprint density at radius 1 is 0.927 bits per heavy atom. The summed E-state index contributed by atoms with van der Waals surface area (Å²) in [6.45, 7) is 1.99. The fourth-order valence-electron chi connectivity index (χ4n) is 4.96. The molecule has 8 nitrogen and oxygen atoms in total. The van der Waals surface area contributed by atoms with Gasteiger partial charge in [0.25, 0.3) is 5.91 Å². The highest BCUT2D eigenvalue weighted by molar-refractivity contribution is 7.92. The van der Waals surface area contributed by atoms with Crippen molar-refractivity contribution in [1.29, 1.82) is 0 Å². The second-order valence-electron chi connectivity index (χ2n) is 10.0. The molecule has 0 atom stereocenters. The number of imidazole rings is 1. The molecule has 0 radical (unpaired) electrons. The second kappa shape index (κ2) is 9.94. The van der Waals surface area contributed by atoms with Crippen LogP contribution in [0.3, 0.4) is 0 Å². The number of rotatable bonds is 6. The second-order valence-corrected chi connectivity index (χ2v) is 12.0. The third-order valence-corrected chi connectivity index (χ3v) is 8.43. The molecule has 6 aromatic rings. The standard InChI is InChI=1S/C32H28N4O4S/c1-20-10-12-22(13-11-20)31-30(32(37)33-2)25-16-24(27(17-28(25)40-31)35(3)41(4,38)39)23-14-15-29-34-26(19-36(29)18-23)21-8-6-5-7-9-21/h5-19H,1-4H3,(H,33,37). The van der Waals surface area contributed by atoms with Crippen molar-refractivity contribution >= 4 is 38.2 Å². The van der Waals surface area contributed by atoms with Gasteiger partial charge in [-0.15, -0.1) is 0 Å². The summed E-state index contributed by atoms with van der Waals surface area (Å²) < 4.78 is 34.8. The molecule has 9 heteroatoms. The number of sulfonamides is 1. The molecule has 1 N–H and O–H groups in total. The number of anilines is 1. The van der Waals surface area contributed by atoms with Crippen molar-refractivity contribution in [2.45, 2.75) is 6.92 Å². The first-order chi connectivity index (χ1) is 19.6. The summed E-state index contributed by atoms with van der Waals surface area (Å²) in [5, 5.41) is 3.31. The van der Waals surface area contributed by atoms with Crippen molar-refractivity contribution in [3.63, 3.8) is 0 Å². The van der Waals surface area contributed by atoms with Gasteiger partial charge in [-0.1, -0.05) is 60.2 Å². The maximum absolute atomic E-state index is 13.2. The van der Waals surface area contributed by atoms with Crippen LogP contribution in [0.2, 0.25) is 0 Å². The van der Waals surface area contributed by atoms with E-state index in [9.17, 15) is 13.2 Å². The van der Waals surface area contributed by atoms with Gasteiger partial charge in [0.1, 0.15) is 17.0 Å². The predicted molar refractivity (Wildman–Crippen MR) is 163 cm³/mol. The zero-order valence-corrected chi connectivity index (χ0v) is 23.9. The van der Waals surface area contributed by atoms with Gasteiger partial charge in [-0.2, -0.15) is 0 Å². The zero-order valence-electron chi connectivity index (χ0n) is 23.0. The molecular weight excluding hydrogens is 536 g/mol. The van der Waals surface area contributed by atoms with Gasteiger partial charge >= 0.3 is 0 Å². The number of fused-ring (bicyclic) bond motifs is 2. The Kier molecular flexibility index (Phi) is 6.38. The molecule has 0 unspecified atom stereocenters. The molecular formula is C32H28N4O4S. The average molecular weight is 565 g/mol. The largest absolute Gasteiger partial charge is 0.455 e. The van der Waals surface area contributed by atoms with Crippen LogP contribution in [0.1, 0.15) is 15.9 Å². The van der Waals surface area contributed by atoms with E-state index in [0.29, 0.717) is 33.5 Å². The lowest BCUT2D eigenvalue weighted by atomic mass is 9.99. The Labute approximate surface area is 237 Å². The van der Waals surface area contributed by atoms with E-state index >= 15 is 0 Å². The molecule has 0 fully saturated rings. The van der Waals surface area contributed by atoms with Crippen molar-refractivity contribution in [3.8, 4) is 33.7 Å². The van der Waals surface area contributed by atoms with Crippen molar-refractivity contribution in [2.24, 2.45) is 0 Å². The van der Waals surface area contributed by atoms with Crippen molar-refractivity contribution in [1.82, 2.24) is 14.7 Å². The van der Waals surface area contributed by atoms with E-state index in [0.717, 1.165) is 39.9 Å². The summed E-state index contributed by atoms with van der Waals surface area (Å²) in [5.74, 6) is 0.120. The number of pyridine rings is 1. The summed E-state index contributed by atoms with van der Waals surface area (Å²) >= 11 is 0. The lowest BCUT2D eigenvalue weighted by Crippen LogP contribution is -2.25. The lowest BCUT2D eigenvalue weighted by Gasteiger charge is -2.20. The van der Waals surface area contributed by atoms with Crippen molar-refractivity contribution in [3.05, 3.63) is 102 Å². The van der Waals surface area contributed by atoms with Gasteiger partial charge in [0.2, 0.25) is 10.0 Å². The average Bonchev–Trinajstić information content (AvgIpc) is 3.57. The summed E-state index contributed by atoms with van der Waals surface area (Å²) in [5.41, 5.74) is 7.00. The third-order valence-electron chi connectivity index (χ3n) is 7.24. The fraction of sp³-hybridized carbons (Fsp3) is 0.125. The molecule has 1 amide bonds. The molecule has 0 saturated heterocycles. The van der Waals surface area contributed by atoms with Crippen LogP contribution in [0.15, 0.2) is 95.7 Å². The normalized spacial score (nSPS) is 11.7. The number of amides is 1. The summed E-state index contributed by atoms with van der Waals surface area (Å²) in [4.78, 5) is 17.9. The Bertz CT molecular complexity index is 2040. The maximum Gasteiger partial charge on any atom is 0.255 e. The number of carbonyl (C=O) groups excluding carboxylic acids is 1. The van der Waals surface area contributed by atoms with Crippen molar-refractivity contribution in [2.75, 3.05) is 24.7 Å².